The summed E-state index contributed by atoms with van der Waals surface area (Å²) < 4.78 is 12.9. The maximum Gasteiger partial charge on any atom is 0.141 e. The largest absolute Gasteiger partial charge is 0.324 e. The Morgan fingerprint density at radius 3 is 2.47 bits per heavy atom. The zero-order valence-electron chi connectivity index (χ0n) is 9.35. The molecule has 1 unspecified atom stereocenters. The van der Waals surface area contributed by atoms with Gasteiger partial charge in [-0.2, -0.15) is 0 Å². The zero-order valence-corrected chi connectivity index (χ0v) is 10.1. The van der Waals surface area contributed by atoms with Crippen molar-refractivity contribution in [1.29, 1.82) is 0 Å². The van der Waals surface area contributed by atoms with Gasteiger partial charge in [-0.1, -0.05) is 38.4 Å². The average Bonchev–Trinajstić information content (AvgIpc) is 2.06. The standard InChI is InChI=1S/C12H17ClFN/c1-12(2,3)7-11(15)8-4-5-10(14)9(13)6-8/h4-6,11H,7,15H2,1-3H3. The van der Waals surface area contributed by atoms with E-state index in [1.54, 1.807) is 12.1 Å². The monoisotopic (exact) mass is 229 g/mol. The topological polar surface area (TPSA) is 26.0 Å². The van der Waals surface area contributed by atoms with Crippen LogP contribution in [0, 0.1) is 11.2 Å². The molecule has 1 atom stereocenters. The van der Waals surface area contributed by atoms with Gasteiger partial charge in [0.15, 0.2) is 0 Å². The molecule has 15 heavy (non-hydrogen) atoms. The van der Waals surface area contributed by atoms with Crippen molar-refractivity contribution in [1.82, 2.24) is 0 Å². The van der Waals surface area contributed by atoms with Crippen LogP contribution in [0.1, 0.15) is 38.8 Å². The second-order valence-electron chi connectivity index (χ2n) is 5.04. The molecule has 2 N–H and O–H groups in total. The summed E-state index contributed by atoms with van der Waals surface area (Å²) in [5.74, 6) is -0.400. The molecule has 0 saturated carbocycles. The summed E-state index contributed by atoms with van der Waals surface area (Å²) in [5.41, 5.74) is 7.06. The summed E-state index contributed by atoms with van der Waals surface area (Å²) in [5, 5.41) is 0.136. The first-order chi connectivity index (χ1) is 6.79. The second-order valence-corrected chi connectivity index (χ2v) is 5.45. The van der Waals surface area contributed by atoms with E-state index in [-0.39, 0.29) is 16.5 Å². The van der Waals surface area contributed by atoms with Crippen molar-refractivity contribution >= 4 is 11.6 Å². The van der Waals surface area contributed by atoms with Crippen LogP contribution in [0.15, 0.2) is 18.2 Å². The summed E-state index contributed by atoms with van der Waals surface area (Å²) in [6, 6.07) is 4.56. The maximum atomic E-state index is 12.9. The van der Waals surface area contributed by atoms with Gasteiger partial charge < -0.3 is 5.73 Å². The Morgan fingerprint density at radius 1 is 1.40 bits per heavy atom. The Kier molecular flexibility index (Phi) is 3.74. The van der Waals surface area contributed by atoms with Gasteiger partial charge in [-0.05, 0) is 29.5 Å². The third kappa shape index (κ3) is 3.80. The molecule has 0 aliphatic carbocycles. The Labute approximate surface area is 95.4 Å². The van der Waals surface area contributed by atoms with Gasteiger partial charge in [-0.15, -0.1) is 0 Å². The highest BCUT2D eigenvalue weighted by molar-refractivity contribution is 6.30. The van der Waals surface area contributed by atoms with E-state index in [9.17, 15) is 4.39 Å². The highest BCUT2D eigenvalue weighted by atomic mass is 35.5. The zero-order chi connectivity index (χ0) is 11.6. The number of hydrogen-bond acceptors (Lipinski definition) is 1. The first kappa shape index (κ1) is 12.5. The molecule has 1 aromatic rings. The Hall–Kier alpha value is -0.600. The van der Waals surface area contributed by atoms with Gasteiger partial charge in [0.2, 0.25) is 0 Å². The molecule has 0 aromatic heterocycles. The lowest BCUT2D eigenvalue weighted by Crippen LogP contribution is -2.18. The molecule has 3 heteroatoms. The minimum atomic E-state index is -0.400. The van der Waals surface area contributed by atoms with Crippen molar-refractivity contribution in [2.75, 3.05) is 0 Å². The molecular weight excluding hydrogens is 213 g/mol. The smallest absolute Gasteiger partial charge is 0.141 e. The first-order valence-electron chi connectivity index (χ1n) is 5.00. The SMILES string of the molecule is CC(C)(C)CC(N)c1ccc(F)c(Cl)c1. The van der Waals surface area contributed by atoms with Gasteiger partial charge in [0.1, 0.15) is 5.82 Å². The highest BCUT2D eigenvalue weighted by Gasteiger charge is 2.17. The third-order valence-corrected chi connectivity index (χ3v) is 2.49. The van der Waals surface area contributed by atoms with E-state index in [4.69, 9.17) is 17.3 Å². The lowest BCUT2D eigenvalue weighted by molar-refractivity contribution is 0.342. The first-order valence-corrected chi connectivity index (χ1v) is 5.38. The van der Waals surface area contributed by atoms with Crippen molar-refractivity contribution in [2.24, 2.45) is 11.1 Å². The van der Waals surface area contributed by atoms with Gasteiger partial charge in [0.25, 0.3) is 0 Å². The second kappa shape index (κ2) is 4.50. The van der Waals surface area contributed by atoms with Crippen molar-refractivity contribution in [3.8, 4) is 0 Å². The lowest BCUT2D eigenvalue weighted by atomic mass is 9.86. The molecule has 1 aromatic carbocycles. The summed E-state index contributed by atoms with van der Waals surface area (Å²) in [6.07, 6.45) is 0.842. The van der Waals surface area contributed by atoms with E-state index in [2.05, 4.69) is 20.8 Å². The van der Waals surface area contributed by atoms with Crippen LogP contribution in [0.4, 0.5) is 4.39 Å². The molecule has 0 aliphatic rings. The normalized spacial score (nSPS) is 14.0. The molecule has 0 radical (unpaired) electrons. The fraction of sp³-hybridized carbons (Fsp3) is 0.500. The molecule has 0 heterocycles. The summed E-state index contributed by atoms with van der Waals surface area (Å²) >= 11 is 5.70. The molecular formula is C12H17ClFN. The molecule has 0 spiro atoms. The van der Waals surface area contributed by atoms with Gasteiger partial charge in [-0.3, -0.25) is 0 Å². The van der Waals surface area contributed by atoms with Crippen molar-refractivity contribution in [2.45, 2.75) is 33.2 Å². The van der Waals surface area contributed by atoms with Crippen LogP contribution in [0.5, 0.6) is 0 Å². The van der Waals surface area contributed by atoms with Crippen LogP contribution in [-0.2, 0) is 0 Å². The van der Waals surface area contributed by atoms with Crippen molar-refractivity contribution in [3.05, 3.63) is 34.6 Å². The maximum absolute atomic E-state index is 12.9. The number of halogens is 2. The summed E-state index contributed by atoms with van der Waals surface area (Å²) in [7, 11) is 0. The number of nitrogens with two attached hydrogens (primary N) is 1. The summed E-state index contributed by atoms with van der Waals surface area (Å²) in [6.45, 7) is 6.37. The van der Waals surface area contributed by atoms with Crippen LogP contribution in [0.2, 0.25) is 5.02 Å². The Morgan fingerprint density at radius 2 is 2.00 bits per heavy atom. The van der Waals surface area contributed by atoms with Crippen LogP contribution in [0.25, 0.3) is 0 Å². The summed E-state index contributed by atoms with van der Waals surface area (Å²) in [4.78, 5) is 0. The molecule has 0 saturated heterocycles. The fourth-order valence-electron chi connectivity index (χ4n) is 1.52. The van der Waals surface area contributed by atoms with E-state index < -0.39 is 5.82 Å². The van der Waals surface area contributed by atoms with E-state index in [1.807, 2.05) is 0 Å². The van der Waals surface area contributed by atoms with Crippen LogP contribution < -0.4 is 5.73 Å². The molecule has 1 nitrogen and oxygen atoms in total. The minimum Gasteiger partial charge on any atom is -0.324 e. The van der Waals surface area contributed by atoms with E-state index in [0.29, 0.717) is 0 Å². The van der Waals surface area contributed by atoms with Crippen LogP contribution >= 0.6 is 11.6 Å². The van der Waals surface area contributed by atoms with E-state index in [1.165, 1.54) is 6.07 Å². The number of hydrogen-bond donors (Lipinski definition) is 1. The van der Waals surface area contributed by atoms with Crippen LogP contribution in [-0.4, -0.2) is 0 Å². The van der Waals surface area contributed by atoms with Gasteiger partial charge >= 0.3 is 0 Å². The van der Waals surface area contributed by atoms with Gasteiger partial charge in [0, 0.05) is 6.04 Å². The minimum absolute atomic E-state index is 0.0944. The quantitative estimate of drug-likeness (QED) is 0.818. The average molecular weight is 230 g/mol. The molecule has 0 bridgehead atoms. The highest BCUT2D eigenvalue weighted by Crippen LogP contribution is 2.29. The van der Waals surface area contributed by atoms with E-state index >= 15 is 0 Å². The molecule has 1 rings (SSSR count). The Balaban J connectivity index is 2.83. The van der Waals surface area contributed by atoms with Crippen LogP contribution in [0.3, 0.4) is 0 Å². The van der Waals surface area contributed by atoms with Gasteiger partial charge in [0.05, 0.1) is 5.02 Å². The molecule has 84 valence electrons. The van der Waals surface area contributed by atoms with Gasteiger partial charge in [-0.25, -0.2) is 4.39 Å². The van der Waals surface area contributed by atoms with Crippen molar-refractivity contribution < 1.29 is 4.39 Å². The third-order valence-electron chi connectivity index (χ3n) is 2.20. The van der Waals surface area contributed by atoms with Crippen molar-refractivity contribution in [3.63, 3.8) is 0 Å². The predicted molar refractivity (Wildman–Crippen MR) is 62.4 cm³/mol. The Bertz CT molecular complexity index is 344. The molecule has 0 amide bonds. The van der Waals surface area contributed by atoms with E-state index in [0.717, 1.165) is 12.0 Å². The predicted octanol–water partition coefficient (Wildman–Crippen LogP) is 3.92. The molecule has 0 fully saturated rings. The number of rotatable bonds is 2. The lowest BCUT2D eigenvalue weighted by Gasteiger charge is -2.23. The molecule has 0 aliphatic heterocycles. The number of benzene rings is 1. The fourth-order valence-corrected chi connectivity index (χ4v) is 1.71.